The number of hydrogen-bond donors (Lipinski definition) is 2. The Hall–Kier alpha value is -2.30. The zero-order valence-electron chi connectivity index (χ0n) is 11.7. The summed E-state index contributed by atoms with van der Waals surface area (Å²) < 4.78 is 4.82. The highest BCUT2D eigenvalue weighted by Gasteiger charge is 2.19. The fourth-order valence-corrected chi connectivity index (χ4v) is 1.73. The predicted octanol–water partition coefficient (Wildman–Crippen LogP) is 2.73. The van der Waals surface area contributed by atoms with Crippen molar-refractivity contribution in [1.29, 1.82) is 0 Å². The molecule has 5 nitrogen and oxygen atoms in total. The van der Waals surface area contributed by atoms with Crippen LogP contribution in [0.1, 0.15) is 29.2 Å². The van der Waals surface area contributed by atoms with Crippen LogP contribution in [0.25, 0.3) is 0 Å². The molecular weight excluding hydrogens is 258 g/mol. The van der Waals surface area contributed by atoms with Crippen LogP contribution in [0.3, 0.4) is 0 Å². The number of carboxylic acids is 1. The van der Waals surface area contributed by atoms with Crippen LogP contribution in [-0.4, -0.2) is 23.8 Å². The molecule has 1 aromatic rings. The first-order chi connectivity index (χ1) is 9.43. The van der Waals surface area contributed by atoms with Gasteiger partial charge in [-0.2, -0.15) is 0 Å². The van der Waals surface area contributed by atoms with Gasteiger partial charge in [0.2, 0.25) is 0 Å². The molecule has 0 spiro atoms. The van der Waals surface area contributed by atoms with Crippen molar-refractivity contribution in [1.82, 2.24) is 5.32 Å². The molecule has 0 aromatic heterocycles. The second-order valence-electron chi connectivity index (χ2n) is 4.53. The van der Waals surface area contributed by atoms with Crippen molar-refractivity contribution in [3.8, 4) is 0 Å². The maximum absolute atomic E-state index is 11.5. The summed E-state index contributed by atoms with van der Waals surface area (Å²) in [5, 5.41) is 11.5. The van der Waals surface area contributed by atoms with Crippen LogP contribution in [0.15, 0.2) is 30.9 Å². The molecule has 2 N–H and O–H groups in total. The molecular formula is C15H19NO4. The monoisotopic (exact) mass is 277 g/mol. The molecule has 1 atom stereocenters. The molecule has 20 heavy (non-hydrogen) atoms. The number of alkyl carbamates (subject to hydrolysis) is 1. The number of ether oxygens (including phenoxy) is 1. The Labute approximate surface area is 118 Å². The molecule has 108 valence electrons. The molecule has 0 radical (unpaired) electrons. The normalized spacial score (nSPS) is 11.5. The molecule has 1 aromatic carbocycles. The quantitative estimate of drug-likeness (QED) is 0.784. The van der Waals surface area contributed by atoms with Gasteiger partial charge >= 0.3 is 12.1 Å². The van der Waals surface area contributed by atoms with Gasteiger partial charge in [0.25, 0.3) is 0 Å². The van der Waals surface area contributed by atoms with E-state index in [-0.39, 0.29) is 13.0 Å². The second kappa shape index (κ2) is 7.33. The topological polar surface area (TPSA) is 75.6 Å². The van der Waals surface area contributed by atoms with Gasteiger partial charge in [-0.05, 0) is 30.5 Å². The Morgan fingerprint density at radius 3 is 2.65 bits per heavy atom. The first kappa shape index (κ1) is 15.8. The van der Waals surface area contributed by atoms with Crippen molar-refractivity contribution < 1.29 is 19.4 Å². The average molecular weight is 277 g/mol. The molecule has 1 amide bonds. The minimum atomic E-state index is -0.989. The summed E-state index contributed by atoms with van der Waals surface area (Å²) in [6.45, 7) is 7.43. The Kier molecular flexibility index (Phi) is 5.77. The first-order valence-electron chi connectivity index (χ1n) is 6.27. The molecule has 1 unspecified atom stereocenters. The third-order valence-corrected chi connectivity index (χ3v) is 2.94. The highest BCUT2D eigenvalue weighted by molar-refractivity contribution is 5.72. The largest absolute Gasteiger partial charge is 0.481 e. The maximum atomic E-state index is 11.5. The van der Waals surface area contributed by atoms with E-state index in [4.69, 9.17) is 9.84 Å². The van der Waals surface area contributed by atoms with E-state index in [1.807, 2.05) is 32.0 Å². The van der Waals surface area contributed by atoms with Gasteiger partial charge in [0, 0.05) is 0 Å². The summed E-state index contributed by atoms with van der Waals surface area (Å²) in [7, 11) is 0. The minimum Gasteiger partial charge on any atom is -0.481 e. The molecule has 0 fully saturated rings. The molecule has 5 heteroatoms. The van der Waals surface area contributed by atoms with Crippen molar-refractivity contribution >= 4 is 12.1 Å². The van der Waals surface area contributed by atoms with Crippen molar-refractivity contribution in [2.45, 2.75) is 26.3 Å². The number of rotatable bonds is 6. The number of carbonyl (C=O) groups excluding carboxylic acids is 1. The highest BCUT2D eigenvalue weighted by atomic mass is 16.5. The molecule has 0 aliphatic heterocycles. The van der Waals surface area contributed by atoms with E-state index in [1.165, 1.54) is 6.08 Å². The lowest BCUT2D eigenvalue weighted by molar-refractivity contribution is -0.137. The van der Waals surface area contributed by atoms with Gasteiger partial charge in [0.15, 0.2) is 0 Å². The Morgan fingerprint density at radius 2 is 2.10 bits per heavy atom. The Bertz CT molecular complexity index is 511. The smallest absolute Gasteiger partial charge is 0.407 e. The van der Waals surface area contributed by atoms with E-state index in [0.717, 1.165) is 16.7 Å². The number of carboxylic acid groups (broad SMARTS) is 1. The number of aryl methyl sites for hydroxylation is 2. The number of amides is 1. The van der Waals surface area contributed by atoms with Crippen LogP contribution < -0.4 is 5.32 Å². The van der Waals surface area contributed by atoms with Crippen molar-refractivity contribution in [3.63, 3.8) is 0 Å². The molecule has 0 bridgehead atoms. The van der Waals surface area contributed by atoms with Gasteiger partial charge in [-0.25, -0.2) is 4.79 Å². The van der Waals surface area contributed by atoms with Crippen LogP contribution in [0.2, 0.25) is 0 Å². The molecule has 0 heterocycles. The first-order valence-corrected chi connectivity index (χ1v) is 6.27. The van der Waals surface area contributed by atoms with E-state index in [0.29, 0.717) is 0 Å². The van der Waals surface area contributed by atoms with Gasteiger partial charge in [0.05, 0.1) is 12.5 Å². The van der Waals surface area contributed by atoms with E-state index in [2.05, 4.69) is 11.9 Å². The molecule has 0 saturated carbocycles. The van der Waals surface area contributed by atoms with Crippen LogP contribution in [-0.2, 0) is 9.53 Å². The minimum absolute atomic E-state index is 0.0819. The maximum Gasteiger partial charge on any atom is 0.407 e. The van der Waals surface area contributed by atoms with Crippen molar-refractivity contribution in [3.05, 3.63) is 47.5 Å². The Morgan fingerprint density at radius 1 is 1.40 bits per heavy atom. The van der Waals surface area contributed by atoms with Crippen LogP contribution in [0.4, 0.5) is 4.79 Å². The van der Waals surface area contributed by atoms with Gasteiger partial charge in [0.1, 0.15) is 6.61 Å². The second-order valence-corrected chi connectivity index (χ2v) is 4.53. The number of nitrogens with one attached hydrogen (secondary N) is 1. The number of benzene rings is 1. The summed E-state index contributed by atoms with van der Waals surface area (Å²) in [4.78, 5) is 22.5. The summed E-state index contributed by atoms with van der Waals surface area (Å²) >= 11 is 0. The van der Waals surface area contributed by atoms with Gasteiger partial charge < -0.3 is 15.2 Å². The lowest BCUT2D eigenvalue weighted by atomic mass is 9.99. The summed E-state index contributed by atoms with van der Waals surface area (Å²) in [6.07, 6.45) is 0.586. The summed E-state index contributed by atoms with van der Waals surface area (Å²) in [5.74, 6) is -0.989. The van der Waals surface area contributed by atoms with Gasteiger partial charge in [-0.3, -0.25) is 4.79 Å². The SMILES string of the molecule is C=CCOC(=O)NC(CC(=O)O)c1ccc(C)c(C)c1. The highest BCUT2D eigenvalue weighted by Crippen LogP contribution is 2.20. The number of aliphatic carboxylic acids is 1. The van der Waals surface area contributed by atoms with E-state index >= 15 is 0 Å². The zero-order chi connectivity index (χ0) is 15.1. The zero-order valence-corrected chi connectivity index (χ0v) is 11.7. The molecule has 1 rings (SSSR count). The van der Waals surface area contributed by atoms with Gasteiger partial charge in [-0.15, -0.1) is 0 Å². The van der Waals surface area contributed by atoms with Gasteiger partial charge in [-0.1, -0.05) is 30.9 Å². The standard InChI is InChI=1S/C15H19NO4/c1-4-7-20-15(19)16-13(9-14(17)18)12-6-5-10(2)11(3)8-12/h4-6,8,13H,1,7,9H2,2-3H3,(H,16,19)(H,17,18). The summed E-state index contributed by atoms with van der Waals surface area (Å²) in [5.41, 5.74) is 2.89. The van der Waals surface area contributed by atoms with Crippen LogP contribution in [0.5, 0.6) is 0 Å². The lowest BCUT2D eigenvalue weighted by Crippen LogP contribution is -2.30. The van der Waals surface area contributed by atoms with E-state index < -0.39 is 18.1 Å². The number of hydrogen-bond acceptors (Lipinski definition) is 3. The van der Waals surface area contributed by atoms with E-state index in [1.54, 1.807) is 0 Å². The lowest BCUT2D eigenvalue weighted by Gasteiger charge is -2.18. The number of carbonyl (C=O) groups is 2. The molecule has 0 aliphatic rings. The fraction of sp³-hybridized carbons (Fsp3) is 0.333. The van der Waals surface area contributed by atoms with Crippen molar-refractivity contribution in [2.75, 3.05) is 6.61 Å². The van der Waals surface area contributed by atoms with E-state index in [9.17, 15) is 9.59 Å². The fourth-order valence-electron chi connectivity index (χ4n) is 1.73. The van der Waals surface area contributed by atoms with Crippen LogP contribution >= 0.6 is 0 Å². The average Bonchev–Trinajstić information content (AvgIpc) is 2.38. The predicted molar refractivity (Wildman–Crippen MR) is 75.6 cm³/mol. The third-order valence-electron chi connectivity index (χ3n) is 2.94. The van der Waals surface area contributed by atoms with Crippen LogP contribution in [0, 0.1) is 13.8 Å². The Balaban J connectivity index is 2.87. The summed E-state index contributed by atoms with van der Waals surface area (Å²) in [6, 6.07) is 4.96. The molecule has 0 saturated heterocycles. The molecule has 0 aliphatic carbocycles. The third kappa shape index (κ3) is 4.76. The van der Waals surface area contributed by atoms with Crippen molar-refractivity contribution in [2.24, 2.45) is 0 Å².